The molecule has 0 spiro atoms. The van der Waals surface area contributed by atoms with Crippen LogP contribution in [0.2, 0.25) is 0 Å². The molecule has 1 aliphatic rings. The molecule has 1 atom stereocenters. The third-order valence-corrected chi connectivity index (χ3v) is 3.75. The minimum absolute atomic E-state index is 0.0695. The molecule has 2 aromatic carbocycles. The minimum Gasteiger partial charge on any atom is -0.491 e. The van der Waals surface area contributed by atoms with Gasteiger partial charge >= 0.3 is 0 Å². The van der Waals surface area contributed by atoms with Gasteiger partial charge in [0.25, 0.3) is 11.6 Å². The van der Waals surface area contributed by atoms with Gasteiger partial charge < -0.3 is 15.8 Å². The standard InChI is InChI=1S/C16H15N3O4/c1-9-5-6-14-10(7-9)12(8-23-14)18-16(20)15-11(17)3-2-4-13(15)19(21)22/h2-7,12H,8,17H2,1H3,(H,18,20). The van der Waals surface area contributed by atoms with Crippen LogP contribution in [0.5, 0.6) is 5.75 Å². The first kappa shape index (κ1) is 14.8. The van der Waals surface area contributed by atoms with E-state index in [0.29, 0.717) is 5.75 Å². The van der Waals surface area contributed by atoms with Crippen molar-refractivity contribution in [2.75, 3.05) is 12.3 Å². The molecule has 1 unspecified atom stereocenters. The van der Waals surface area contributed by atoms with Crippen LogP contribution < -0.4 is 15.8 Å². The summed E-state index contributed by atoms with van der Waals surface area (Å²) in [5.74, 6) is 0.120. The maximum absolute atomic E-state index is 12.5. The molecule has 1 aliphatic heterocycles. The molecule has 0 saturated heterocycles. The summed E-state index contributed by atoms with van der Waals surface area (Å²) in [4.78, 5) is 23.0. The van der Waals surface area contributed by atoms with E-state index in [2.05, 4.69) is 5.32 Å². The van der Waals surface area contributed by atoms with Gasteiger partial charge in [0.05, 0.1) is 16.7 Å². The first-order valence-corrected chi connectivity index (χ1v) is 7.04. The summed E-state index contributed by atoms with van der Waals surface area (Å²) in [7, 11) is 0. The summed E-state index contributed by atoms with van der Waals surface area (Å²) in [5, 5.41) is 13.9. The van der Waals surface area contributed by atoms with E-state index in [1.54, 1.807) is 0 Å². The Bertz CT molecular complexity index is 804. The number of carbonyl (C=O) groups excluding carboxylic acids is 1. The van der Waals surface area contributed by atoms with Crippen LogP contribution in [-0.2, 0) is 0 Å². The number of fused-ring (bicyclic) bond motifs is 1. The van der Waals surface area contributed by atoms with E-state index in [1.165, 1.54) is 18.2 Å². The van der Waals surface area contributed by atoms with Crippen LogP contribution in [0, 0.1) is 17.0 Å². The smallest absolute Gasteiger partial charge is 0.284 e. The van der Waals surface area contributed by atoms with Crippen molar-refractivity contribution in [2.45, 2.75) is 13.0 Å². The fraction of sp³-hybridized carbons (Fsp3) is 0.188. The number of benzene rings is 2. The fourth-order valence-electron chi connectivity index (χ4n) is 2.64. The Hall–Kier alpha value is -3.09. The highest BCUT2D eigenvalue weighted by molar-refractivity contribution is 6.03. The SMILES string of the molecule is Cc1ccc2c(c1)C(NC(=O)c1c(N)cccc1[N+](=O)[O-])CO2. The highest BCUT2D eigenvalue weighted by Crippen LogP contribution is 2.33. The number of nitrogens with two attached hydrogens (primary N) is 1. The third-order valence-electron chi connectivity index (χ3n) is 3.75. The largest absolute Gasteiger partial charge is 0.491 e. The predicted molar refractivity (Wildman–Crippen MR) is 84.4 cm³/mol. The lowest BCUT2D eigenvalue weighted by Gasteiger charge is -2.13. The zero-order chi connectivity index (χ0) is 16.6. The van der Waals surface area contributed by atoms with Gasteiger partial charge in [-0.05, 0) is 19.1 Å². The van der Waals surface area contributed by atoms with E-state index in [0.717, 1.165) is 11.1 Å². The zero-order valence-electron chi connectivity index (χ0n) is 12.4. The van der Waals surface area contributed by atoms with E-state index in [-0.39, 0.29) is 29.6 Å². The van der Waals surface area contributed by atoms with Gasteiger partial charge in [0.2, 0.25) is 0 Å². The number of nitro groups is 1. The van der Waals surface area contributed by atoms with Crippen LogP contribution in [0.4, 0.5) is 11.4 Å². The summed E-state index contributed by atoms with van der Waals surface area (Å²) in [6, 6.07) is 9.49. The number of nitrogens with one attached hydrogen (secondary N) is 1. The lowest BCUT2D eigenvalue weighted by molar-refractivity contribution is -0.385. The highest BCUT2D eigenvalue weighted by atomic mass is 16.6. The van der Waals surface area contributed by atoms with Crippen LogP contribution >= 0.6 is 0 Å². The third kappa shape index (κ3) is 2.68. The van der Waals surface area contributed by atoms with Crippen molar-refractivity contribution in [3.8, 4) is 5.75 Å². The number of aryl methyl sites for hydroxylation is 1. The van der Waals surface area contributed by atoms with Crippen LogP contribution in [0.25, 0.3) is 0 Å². The van der Waals surface area contributed by atoms with Gasteiger partial charge in [0.1, 0.15) is 17.9 Å². The lowest BCUT2D eigenvalue weighted by Crippen LogP contribution is -2.30. The normalized spacial score (nSPS) is 15.6. The summed E-state index contributed by atoms with van der Waals surface area (Å²) in [6.07, 6.45) is 0. The molecule has 0 aliphatic carbocycles. The van der Waals surface area contributed by atoms with E-state index in [9.17, 15) is 14.9 Å². The molecule has 3 rings (SSSR count). The number of nitrogens with zero attached hydrogens (tertiary/aromatic N) is 1. The highest BCUT2D eigenvalue weighted by Gasteiger charge is 2.29. The van der Waals surface area contributed by atoms with Crippen molar-refractivity contribution in [3.63, 3.8) is 0 Å². The zero-order valence-corrected chi connectivity index (χ0v) is 12.4. The molecule has 0 bridgehead atoms. The summed E-state index contributed by atoms with van der Waals surface area (Å²) in [5.41, 5.74) is 7.28. The van der Waals surface area contributed by atoms with Crippen molar-refractivity contribution in [2.24, 2.45) is 0 Å². The number of anilines is 1. The quantitative estimate of drug-likeness (QED) is 0.514. The second-order valence-corrected chi connectivity index (χ2v) is 5.38. The average Bonchev–Trinajstić information content (AvgIpc) is 2.89. The molecule has 23 heavy (non-hydrogen) atoms. The van der Waals surface area contributed by atoms with E-state index in [4.69, 9.17) is 10.5 Å². The van der Waals surface area contributed by atoms with E-state index < -0.39 is 10.8 Å². The molecule has 118 valence electrons. The molecule has 1 heterocycles. The first-order valence-electron chi connectivity index (χ1n) is 7.04. The topological polar surface area (TPSA) is 107 Å². The molecular formula is C16H15N3O4. The molecule has 0 radical (unpaired) electrons. The van der Waals surface area contributed by atoms with Crippen LogP contribution in [0.1, 0.15) is 27.5 Å². The molecule has 2 aromatic rings. The van der Waals surface area contributed by atoms with Crippen molar-refractivity contribution in [1.82, 2.24) is 5.32 Å². The molecule has 7 nitrogen and oxygen atoms in total. The molecule has 3 N–H and O–H groups in total. The number of nitro benzene ring substituents is 1. The maximum Gasteiger partial charge on any atom is 0.284 e. The Kier molecular flexibility index (Phi) is 3.61. The summed E-state index contributed by atoms with van der Waals surface area (Å²) >= 11 is 0. The number of nitrogen functional groups attached to an aromatic ring is 1. The fourth-order valence-corrected chi connectivity index (χ4v) is 2.64. The number of rotatable bonds is 3. The number of hydrogen-bond donors (Lipinski definition) is 2. The lowest BCUT2D eigenvalue weighted by atomic mass is 10.0. The van der Waals surface area contributed by atoms with E-state index in [1.807, 2.05) is 25.1 Å². The maximum atomic E-state index is 12.5. The van der Waals surface area contributed by atoms with Gasteiger partial charge in [0.15, 0.2) is 0 Å². The average molecular weight is 313 g/mol. The number of carbonyl (C=O) groups is 1. The number of ether oxygens (including phenoxy) is 1. The monoisotopic (exact) mass is 313 g/mol. The summed E-state index contributed by atoms with van der Waals surface area (Å²) < 4.78 is 5.53. The van der Waals surface area contributed by atoms with Crippen LogP contribution in [0.3, 0.4) is 0 Å². The van der Waals surface area contributed by atoms with Gasteiger partial charge in [-0.15, -0.1) is 0 Å². The van der Waals surface area contributed by atoms with Gasteiger partial charge in [-0.1, -0.05) is 23.8 Å². The molecule has 0 aromatic heterocycles. The molecule has 7 heteroatoms. The molecular weight excluding hydrogens is 298 g/mol. The number of hydrogen-bond acceptors (Lipinski definition) is 5. The Labute approximate surface area is 132 Å². The van der Waals surface area contributed by atoms with Gasteiger partial charge in [-0.2, -0.15) is 0 Å². The Morgan fingerprint density at radius 2 is 2.17 bits per heavy atom. The van der Waals surface area contributed by atoms with Crippen LogP contribution in [0.15, 0.2) is 36.4 Å². The summed E-state index contributed by atoms with van der Waals surface area (Å²) in [6.45, 7) is 2.22. The second-order valence-electron chi connectivity index (χ2n) is 5.38. The van der Waals surface area contributed by atoms with Crippen molar-refractivity contribution < 1.29 is 14.5 Å². The molecule has 0 fully saturated rings. The van der Waals surface area contributed by atoms with Crippen molar-refractivity contribution >= 4 is 17.3 Å². The number of amides is 1. The Balaban J connectivity index is 1.90. The van der Waals surface area contributed by atoms with Crippen LogP contribution in [-0.4, -0.2) is 17.4 Å². The van der Waals surface area contributed by atoms with Gasteiger partial charge in [-0.25, -0.2) is 0 Å². The van der Waals surface area contributed by atoms with E-state index >= 15 is 0 Å². The predicted octanol–water partition coefficient (Wildman–Crippen LogP) is 2.35. The Morgan fingerprint density at radius 3 is 2.91 bits per heavy atom. The molecule has 0 saturated carbocycles. The van der Waals surface area contributed by atoms with Gasteiger partial charge in [0, 0.05) is 11.6 Å². The minimum atomic E-state index is -0.617. The van der Waals surface area contributed by atoms with Crippen molar-refractivity contribution in [1.29, 1.82) is 0 Å². The van der Waals surface area contributed by atoms with Crippen molar-refractivity contribution in [3.05, 3.63) is 63.2 Å². The Morgan fingerprint density at radius 1 is 1.39 bits per heavy atom. The second kappa shape index (κ2) is 5.60. The first-order chi connectivity index (χ1) is 11.0. The molecule has 1 amide bonds. The van der Waals surface area contributed by atoms with Gasteiger partial charge in [-0.3, -0.25) is 14.9 Å².